The molecule has 0 aliphatic heterocycles. The van der Waals surface area contributed by atoms with E-state index in [1.165, 1.54) is 19.3 Å². The van der Waals surface area contributed by atoms with Gasteiger partial charge < -0.3 is 10.8 Å². The third kappa shape index (κ3) is 2.21. The minimum atomic E-state index is -0.669. The van der Waals surface area contributed by atoms with Gasteiger partial charge in [0.25, 0.3) is 0 Å². The van der Waals surface area contributed by atoms with Crippen molar-refractivity contribution < 1.29 is 15.6 Å². The monoisotopic (exact) mass is 186 g/mol. The second-order valence-electron chi connectivity index (χ2n) is 4.33. The highest BCUT2D eigenvalue weighted by Gasteiger charge is 2.40. The van der Waals surface area contributed by atoms with E-state index in [2.05, 4.69) is 12.7 Å². The van der Waals surface area contributed by atoms with Gasteiger partial charge in [-0.1, -0.05) is 19.8 Å². The van der Waals surface area contributed by atoms with Gasteiger partial charge in [-0.25, -0.2) is 0 Å². The highest BCUT2D eigenvalue weighted by Crippen LogP contribution is 2.42. The van der Waals surface area contributed by atoms with Gasteiger partial charge in [0.2, 0.25) is 0 Å². The second-order valence-corrected chi connectivity index (χ2v) is 4.33. The molecule has 0 aromatic carbocycles. The van der Waals surface area contributed by atoms with Gasteiger partial charge in [-0.2, -0.15) is 0 Å². The van der Waals surface area contributed by atoms with Crippen LogP contribution in [0, 0.1) is 11.3 Å². The minimum Gasteiger partial charge on any atom is -0.481 e. The molecular formula is C10H20NO2+. The molecule has 3 heteroatoms. The number of carbonyl (C=O) groups is 1. The maximum absolute atomic E-state index is 10.7. The van der Waals surface area contributed by atoms with E-state index < -0.39 is 5.97 Å². The zero-order valence-electron chi connectivity index (χ0n) is 8.38. The van der Waals surface area contributed by atoms with Crippen molar-refractivity contribution in [1.29, 1.82) is 0 Å². The summed E-state index contributed by atoms with van der Waals surface area (Å²) in [5.41, 5.74) is 3.91. The highest BCUT2D eigenvalue weighted by molar-refractivity contribution is 5.67. The Morgan fingerprint density at radius 1 is 1.62 bits per heavy atom. The highest BCUT2D eigenvalue weighted by atomic mass is 16.4. The van der Waals surface area contributed by atoms with Crippen LogP contribution in [0.3, 0.4) is 0 Å². The number of hydrogen-bond acceptors (Lipinski definition) is 1. The van der Waals surface area contributed by atoms with Gasteiger partial charge in [0.1, 0.15) is 0 Å². The van der Waals surface area contributed by atoms with Crippen molar-refractivity contribution >= 4 is 5.97 Å². The van der Waals surface area contributed by atoms with Crippen LogP contribution in [-0.2, 0) is 4.79 Å². The Bertz CT molecular complexity index is 193. The summed E-state index contributed by atoms with van der Waals surface area (Å²) in [5.74, 6) is -0.146. The molecule has 1 aliphatic rings. The Morgan fingerprint density at radius 2 is 2.31 bits per heavy atom. The first-order valence-electron chi connectivity index (χ1n) is 5.12. The van der Waals surface area contributed by atoms with E-state index >= 15 is 0 Å². The van der Waals surface area contributed by atoms with Crippen molar-refractivity contribution in [2.45, 2.75) is 39.0 Å². The van der Waals surface area contributed by atoms with E-state index in [4.69, 9.17) is 5.11 Å². The average molecular weight is 186 g/mol. The Kier molecular flexibility index (Phi) is 3.31. The standard InChI is InChI=1S/C10H19NO2/c1-8-4-2-3-5-10(8,7-11)6-9(12)13/h8H,2-7,11H2,1H3,(H,12,13)/p+1/t8?,10-/m1/s1. The molecular weight excluding hydrogens is 166 g/mol. The molecule has 0 bridgehead atoms. The topological polar surface area (TPSA) is 64.9 Å². The zero-order chi connectivity index (χ0) is 9.90. The molecule has 3 nitrogen and oxygen atoms in total. The summed E-state index contributed by atoms with van der Waals surface area (Å²) in [7, 11) is 0. The van der Waals surface area contributed by atoms with E-state index in [0.717, 1.165) is 13.0 Å². The van der Waals surface area contributed by atoms with E-state index in [9.17, 15) is 4.79 Å². The first-order valence-corrected chi connectivity index (χ1v) is 5.12. The summed E-state index contributed by atoms with van der Waals surface area (Å²) >= 11 is 0. The van der Waals surface area contributed by atoms with Crippen molar-refractivity contribution in [2.75, 3.05) is 6.54 Å². The molecule has 1 aliphatic carbocycles. The molecule has 0 spiro atoms. The summed E-state index contributed by atoms with van der Waals surface area (Å²) < 4.78 is 0. The van der Waals surface area contributed by atoms with E-state index in [1.54, 1.807) is 0 Å². The van der Waals surface area contributed by atoms with Crippen LogP contribution < -0.4 is 5.73 Å². The molecule has 1 rings (SSSR count). The number of hydrogen-bond donors (Lipinski definition) is 2. The molecule has 0 saturated heterocycles. The van der Waals surface area contributed by atoms with Gasteiger partial charge in [0, 0.05) is 5.41 Å². The van der Waals surface area contributed by atoms with Crippen molar-refractivity contribution in [2.24, 2.45) is 11.3 Å². The summed E-state index contributed by atoms with van der Waals surface area (Å²) in [5, 5.41) is 8.85. The van der Waals surface area contributed by atoms with Crippen molar-refractivity contribution in [3.05, 3.63) is 0 Å². The van der Waals surface area contributed by atoms with Gasteiger partial charge in [0.05, 0.1) is 13.0 Å². The Labute approximate surface area is 79.3 Å². The van der Waals surface area contributed by atoms with Crippen molar-refractivity contribution in [3.8, 4) is 0 Å². The molecule has 1 fully saturated rings. The fraction of sp³-hybridized carbons (Fsp3) is 0.900. The second kappa shape index (κ2) is 4.09. The van der Waals surface area contributed by atoms with E-state index in [-0.39, 0.29) is 5.41 Å². The number of rotatable bonds is 3. The van der Waals surface area contributed by atoms with Crippen LogP contribution in [0.1, 0.15) is 39.0 Å². The predicted molar refractivity (Wildman–Crippen MR) is 50.1 cm³/mol. The van der Waals surface area contributed by atoms with Crippen LogP contribution in [0.4, 0.5) is 0 Å². The van der Waals surface area contributed by atoms with Crippen LogP contribution in [0.5, 0.6) is 0 Å². The van der Waals surface area contributed by atoms with Gasteiger partial charge in [-0.05, 0) is 18.8 Å². The molecule has 2 atom stereocenters. The van der Waals surface area contributed by atoms with Crippen LogP contribution in [0.25, 0.3) is 0 Å². The molecule has 4 N–H and O–H groups in total. The molecule has 0 radical (unpaired) electrons. The lowest BCUT2D eigenvalue weighted by molar-refractivity contribution is -0.399. The van der Waals surface area contributed by atoms with Gasteiger partial charge >= 0.3 is 5.97 Å². The van der Waals surface area contributed by atoms with Crippen LogP contribution in [0.15, 0.2) is 0 Å². The number of carboxylic acid groups (broad SMARTS) is 1. The van der Waals surface area contributed by atoms with Gasteiger partial charge in [-0.15, -0.1) is 0 Å². The Balaban J connectivity index is 2.69. The molecule has 13 heavy (non-hydrogen) atoms. The molecule has 1 unspecified atom stereocenters. The minimum absolute atomic E-state index is 0.00984. The Hall–Kier alpha value is -0.570. The largest absolute Gasteiger partial charge is 0.481 e. The Morgan fingerprint density at radius 3 is 2.77 bits per heavy atom. The smallest absolute Gasteiger partial charge is 0.304 e. The lowest BCUT2D eigenvalue weighted by Gasteiger charge is -2.39. The van der Waals surface area contributed by atoms with E-state index in [0.29, 0.717) is 12.3 Å². The fourth-order valence-corrected chi connectivity index (χ4v) is 2.50. The summed E-state index contributed by atoms with van der Waals surface area (Å²) in [6.45, 7) is 2.94. The average Bonchev–Trinajstić information content (AvgIpc) is 2.08. The molecule has 0 aromatic rings. The van der Waals surface area contributed by atoms with Crippen LogP contribution in [-0.4, -0.2) is 17.6 Å². The lowest BCUT2D eigenvalue weighted by atomic mass is 9.65. The predicted octanol–water partition coefficient (Wildman–Crippen LogP) is 0.899. The first kappa shape index (κ1) is 10.5. The number of quaternary nitrogens is 1. The van der Waals surface area contributed by atoms with Crippen molar-refractivity contribution in [1.82, 2.24) is 0 Å². The van der Waals surface area contributed by atoms with E-state index in [1.807, 2.05) is 0 Å². The molecule has 1 saturated carbocycles. The van der Waals surface area contributed by atoms with Crippen LogP contribution >= 0.6 is 0 Å². The maximum Gasteiger partial charge on any atom is 0.304 e. The lowest BCUT2D eigenvalue weighted by Crippen LogP contribution is -2.61. The molecule has 0 heterocycles. The van der Waals surface area contributed by atoms with Crippen LogP contribution in [0.2, 0.25) is 0 Å². The summed E-state index contributed by atoms with van der Waals surface area (Å²) in [6, 6.07) is 0. The van der Waals surface area contributed by atoms with Crippen molar-refractivity contribution in [3.63, 3.8) is 0 Å². The SMILES string of the molecule is CC1CCCC[C@]1(C[NH3+])CC(=O)O. The van der Waals surface area contributed by atoms with Gasteiger partial charge in [0.15, 0.2) is 0 Å². The third-order valence-corrected chi connectivity index (χ3v) is 3.61. The fourth-order valence-electron chi connectivity index (χ4n) is 2.50. The third-order valence-electron chi connectivity index (χ3n) is 3.61. The number of aliphatic carboxylic acids is 1. The molecule has 0 aromatic heterocycles. The normalized spacial score (nSPS) is 34.5. The summed E-state index contributed by atoms with van der Waals surface area (Å²) in [6.07, 6.45) is 4.94. The number of carboxylic acids is 1. The summed E-state index contributed by atoms with van der Waals surface area (Å²) in [4.78, 5) is 10.7. The zero-order valence-corrected chi connectivity index (χ0v) is 8.38. The molecule has 76 valence electrons. The first-order chi connectivity index (χ1) is 6.10. The quantitative estimate of drug-likeness (QED) is 0.687. The maximum atomic E-state index is 10.7. The van der Waals surface area contributed by atoms with Gasteiger partial charge in [-0.3, -0.25) is 4.79 Å². The molecule has 0 amide bonds.